The molecule has 0 aliphatic heterocycles. The molecule has 1 aliphatic rings. The molecule has 1 aliphatic carbocycles. The third-order valence-electron chi connectivity index (χ3n) is 3.73. The van der Waals surface area contributed by atoms with E-state index in [-0.39, 0.29) is 29.9 Å². The van der Waals surface area contributed by atoms with E-state index in [1.165, 1.54) is 0 Å². The number of aliphatic hydroxyl groups excluding tert-OH is 1. The minimum atomic E-state index is 0.150. The topological polar surface area (TPSA) is 49.3 Å². The van der Waals surface area contributed by atoms with Gasteiger partial charge in [-0.3, -0.25) is 4.79 Å². The summed E-state index contributed by atoms with van der Waals surface area (Å²) in [4.78, 5) is 12.0. The molecule has 0 heterocycles. The molecular formula is C15H29NO2. The summed E-state index contributed by atoms with van der Waals surface area (Å²) >= 11 is 0. The number of rotatable bonds is 5. The first kappa shape index (κ1) is 15.5. The van der Waals surface area contributed by atoms with Crippen molar-refractivity contribution in [2.45, 2.75) is 65.8 Å². The monoisotopic (exact) mass is 255 g/mol. The Hall–Kier alpha value is -0.570. The highest BCUT2D eigenvalue weighted by Crippen LogP contribution is 2.27. The zero-order valence-corrected chi connectivity index (χ0v) is 12.3. The molecular weight excluding hydrogens is 226 g/mol. The molecule has 3 nitrogen and oxygen atoms in total. The van der Waals surface area contributed by atoms with E-state index in [9.17, 15) is 9.90 Å². The minimum Gasteiger partial charge on any atom is -0.396 e. The number of nitrogens with one attached hydrogen (secondary N) is 1. The van der Waals surface area contributed by atoms with E-state index in [0.717, 1.165) is 25.7 Å². The van der Waals surface area contributed by atoms with Gasteiger partial charge in [-0.1, -0.05) is 34.1 Å². The summed E-state index contributed by atoms with van der Waals surface area (Å²) in [7, 11) is 0. The smallest absolute Gasteiger partial charge is 0.220 e. The molecule has 0 aromatic heterocycles. The molecule has 0 spiro atoms. The summed E-state index contributed by atoms with van der Waals surface area (Å²) < 4.78 is 0. The van der Waals surface area contributed by atoms with Crippen molar-refractivity contribution < 1.29 is 9.90 Å². The highest BCUT2D eigenvalue weighted by Gasteiger charge is 2.28. The van der Waals surface area contributed by atoms with Crippen LogP contribution < -0.4 is 5.32 Å². The van der Waals surface area contributed by atoms with Crippen LogP contribution in [0.1, 0.15) is 59.8 Å². The molecule has 0 aromatic carbocycles. The van der Waals surface area contributed by atoms with Gasteiger partial charge in [0.05, 0.1) is 0 Å². The molecule has 106 valence electrons. The summed E-state index contributed by atoms with van der Waals surface area (Å²) in [6.07, 6.45) is 4.85. The van der Waals surface area contributed by atoms with Gasteiger partial charge in [0.1, 0.15) is 0 Å². The van der Waals surface area contributed by atoms with Crippen LogP contribution in [0.4, 0.5) is 0 Å². The standard InChI is InChI=1S/C15H29NO2/c1-11(9-15(2,3)4)8-14(18)16-13-7-5-6-12(13)10-17/h11-13,17H,5-10H2,1-4H3,(H,16,18). The van der Waals surface area contributed by atoms with Crippen LogP contribution in [-0.2, 0) is 4.79 Å². The van der Waals surface area contributed by atoms with Crippen LogP contribution in [0.15, 0.2) is 0 Å². The maximum atomic E-state index is 12.0. The van der Waals surface area contributed by atoms with Crippen LogP contribution in [-0.4, -0.2) is 23.7 Å². The summed E-state index contributed by atoms with van der Waals surface area (Å²) in [6, 6.07) is 0.198. The molecule has 1 rings (SSSR count). The molecule has 2 N–H and O–H groups in total. The third-order valence-corrected chi connectivity index (χ3v) is 3.73. The van der Waals surface area contributed by atoms with Gasteiger partial charge in [-0.25, -0.2) is 0 Å². The SMILES string of the molecule is CC(CC(=O)NC1CCCC1CO)CC(C)(C)C. The lowest BCUT2D eigenvalue weighted by atomic mass is 9.84. The van der Waals surface area contributed by atoms with Crippen molar-refractivity contribution in [3.05, 3.63) is 0 Å². The number of carbonyl (C=O) groups is 1. The quantitative estimate of drug-likeness (QED) is 0.793. The molecule has 0 bridgehead atoms. The lowest BCUT2D eigenvalue weighted by Gasteiger charge is -2.24. The van der Waals surface area contributed by atoms with Gasteiger partial charge in [-0.2, -0.15) is 0 Å². The summed E-state index contributed by atoms with van der Waals surface area (Å²) in [5, 5.41) is 12.3. The maximum absolute atomic E-state index is 12.0. The molecule has 0 saturated heterocycles. The zero-order valence-electron chi connectivity index (χ0n) is 12.3. The largest absolute Gasteiger partial charge is 0.396 e. The fourth-order valence-electron chi connectivity index (χ4n) is 3.15. The van der Waals surface area contributed by atoms with Gasteiger partial charge in [0.15, 0.2) is 0 Å². The Morgan fingerprint density at radius 3 is 2.61 bits per heavy atom. The molecule has 0 aromatic rings. The first-order valence-corrected chi connectivity index (χ1v) is 7.22. The molecule has 1 fully saturated rings. The van der Waals surface area contributed by atoms with Crippen molar-refractivity contribution in [1.29, 1.82) is 0 Å². The second-order valence-corrected chi connectivity index (χ2v) is 7.12. The molecule has 0 radical (unpaired) electrons. The lowest BCUT2D eigenvalue weighted by Crippen LogP contribution is -2.39. The predicted molar refractivity (Wildman–Crippen MR) is 74.2 cm³/mol. The fourth-order valence-corrected chi connectivity index (χ4v) is 3.15. The van der Waals surface area contributed by atoms with Crippen LogP contribution in [0.3, 0.4) is 0 Å². The molecule has 3 heteroatoms. The predicted octanol–water partition coefficient (Wildman–Crippen LogP) is 2.73. The van der Waals surface area contributed by atoms with Crippen molar-refractivity contribution in [2.75, 3.05) is 6.61 Å². The van der Waals surface area contributed by atoms with Gasteiger partial charge in [0.2, 0.25) is 5.91 Å². The van der Waals surface area contributed by atoms with Gasteiger partial charge in [-0.05, 0) is 30.6 Å². The number of carbonyl (C=O) groups excluding carboxylic acids is 1. The highest BCUT2D eigenvalue weighted by atomic mass is 16.3. The number of hydrogen-bond acceptors (Lipinski definition) is 2. The molecule has 1 amide bonds. The average molecular weight is 255 g/mol. The Morgan fingerprint density at radius 2 is 2.06 bits per heavy atom. The van der Waals surface area contributed by atoms with Crippen LogP contribution in [0.2, 0.25) is 0 Å². The van der Waals surface area contributed by atoms with E-state index in [1.807, 2.05) is 0 Å². The van der Waals surface area contributed by atoms with Crippen molar-refractivity contribution >= 4 is 5.91 Å². The fraction of sp³-hybridized carbons (Fsp3) is 0.933. The minimum absolute atomic E-state index is 0.150. The van der Waals surface area contributed by atoms with E-state index in [4.69, 9.17) is 0 Å². The Morgan fingerprint density at radius 1 is 1.39 bits per heavy atom. The maximum Gasteiger partial charge on any atom is 0.220 e. The zero-order chi connectivity index (χ0) is 13.8. The lowest BCUT2D eigenvalue weighted by molar-refractivity contribution is -0.123. The Balaban J connectivity index is 2.33. The van der Waals surface area contributed by atoms with Crippen molar-refractivity contribution in [3.8, 4) is 0 Å². The Kier molecular flexibility index (Phi) is 5.64. The average Bonchev–Trinajstić information content (AvgIpc) is 2.61. The Bertz CT molecular complexity index is 270. The molecule has 1 saturated carbocycles. The van der Waals surface area contributed by atoms with Crippen LogP contribution >= 0.6 is 0 Å². The first-order chi connectivity index (χ1) is 8.31. The van der Waals surface area contributed by atoms with Gasteiger partial charge in [0, 0.05) is 25.0 Å². The van der Waals surface area contributed by atoms with E-state index in [2.05, 4.69) is 33.0 Å². The molecule has 3 atom stereocenters. The van der Waals surface area contributed by atoms with Crippen LogP contribution in [0.25, 0.3) is 0 Å². The van der Waals surface area contributed by atoms with E-state index in [1.54, 1.807) is 0 Å². The van der Waals surface area contributed by atoms with Crippen molar-refractivity contribution in [3.63, 3.8) is 0 Å². The van der Waals surface area contributed by atoms with Crippen LogP contribution in [0, 0.1) is 17.3 Å². The third kappa shape index (κ3) is 5.38. The van der Waals surface area contributed by atoms with Gasteiger partial charge < -0.3 is 10.4 Å². The number of hydrogen-bond donors (Lipinski definition) is 2. The first-order valence-electron chi connectivity index (χ1n) is 7.22. The second kappa shape index (κ2) is 6.55. The number of aliphatic hydroxyl groups is 1. The summed E-state index contributed by atoms with van der Waals surface area (Å²) in [6.45, 7) is 8.96. The highest BCUT2D eigenvalue weighted by molar-refractivity contribution is 5.76. The van der Waals surface area contributed by atoms with E-state index < -0.39 is 0 Å². The van der Waals surface area contributed by atoms with Crippen LogP contribution in [0.5, 0.6) is 0 Å². The van der Waals surface area contributed by atoms with E-state index in [0.29, 0.717) is 12.3 Å². The summed E-state index contributed by atoms with van der Waals surface area (Å²) in [5.41, 5.74) is 0.278. The molecule has 3 unspecified atom stereocenters. The van der Waals surface area contributed by atoms with Gasteiger partial charge >= 0.3 is 0 Å². The second-order valence-electron chi connectivity index (χ2n) is 7.12. The number of amides is 1. The van der Waals surface area contributed by atoms with Gasteiger partial charge in [0.25, 0.3) is 0 Å². The normalized spacial score (nSPS) is 26.1. The van der Waals surface area contributed by atoms with Gasteiger partial charge in [-0.15, -0.1) is 0 Å². The Labute approximate surface area is 111 Å². The van der Waals surface area contributed by atoms with Crippen molar-refractivity contribution in [2.24, 2.45) is 17.3 Å². The molecule has 18 heavy (non-hydrogen) atoms. The van der Waals surface area contributed by atoms with Crippen molar-refractivity contribution in [1.82, 2.24) is 5.32 Å². The van der Waals surface area contributed by atoms with E-state index >= 15 is 0 Å². The summed E-state index contributed by atoms with van der Waals surface area (Å²) in [5.74, 6) is 0.836.